The summed E-state index contributed by atoms with van der Waals surface area (Å²) < 4.78 is 31.1. The van der Waals surface area contributed by atoms with E-state index in [0.717, 1.165) is 12.1 Å². The lowest BCUT2D eigenvalue weighted by Crippen LogP contribution is -2.17. The Morgan fingerprint density at radius 2 is 2.00 bits per heavy atom. The third-order valence-electron chi connectivity index (χ3n) is 3.31. The number of carbonyl (C=O) groups is 1. The van der Waals surface area contributed by atoms with Gasteiger partial charge in [0.25, 0.3) is 5.56 Å². The Bertz CT molecular complexity index is 721. The molecular formula is C14H14F2N2O3. The van der Waals surface area contributed by atoms with Crippen molar-refractivity contribution in [3.63, 3.8) is 0 Å². The number of aromatic amines is 2. The van der Waals surface area contributed by atoms with Crippen LogP contribution in [0.3, 0.4) is 0 Å². The number of carbonyl (C=O) groups excluding carboxylic acids is 1. The van der Waals surface area contributed by atoms with Crippen molar-refractivity contribution in [2.45, 2.75) is 19.3 Å². The summed E-state index contributed by atoms with van der Waals surface area (Å²) in [6.07, 6.45) is -0.149. The second kappa shape index (κ2) is 5.90. The van der Waals surface area contributed by atoms with Crippen LogP contribution in [-0.2, 0) is 9.53 Å². The number of hydrogen-bond donors (Lipinski definition) is 2. The molecule has 2 N–H and O–H groups in total. The monoisotopic (exact) mass is 296 g/mol. The third-order valence-corrected chi connectivity index (χ3v) is 3.31. The fourth-order valence-electron chi connectivity index (χ4n) is 2.24. The molecule has 0 amide bonds. The maximum atomic E-state index is 13.4. The zero-order valence-electron chi connectivity index (χ0n) is 11.5. The number of esters is 1. The van der Waals surface area contributed by atoms with Crippen molar-refractivity contribution >= 4 is 5.97 Å². The lowest BCUT2D eigenvalue weighted by molar-refractivity contribution is -0.140. The fraction of sp³-hybridized carbons (Fsp3) is 0.286. The molecule has 0 aliphatic heterocycles. The van der Waals surface area contributed by atoms with E-state index in [2.05, 4.69) is 14.9 Å². The Balaban J connectivity index is 2.53. The van der Waals surface area contributed by atoms with Crippen LogP contribution in [0.25, 0.3) is 0 Å². The van der Waals surface area contributed by atoms with Crippen LogP contribution in [-0.4, -0.2) is 23.3 Å². The molecule has 5 nitrogen and oxygen atoms in total. The number of aromatic nitrogens is 2. The van der Waals surface area contributed by atoms with Crippen LogP contribution in [0.1, 0.15) is 29.2 Å². The largest absolute Gasteiger partial charge is 0.469 e. The van der Waals surface area contributed by atoms with Gasteiger partial charge in [0.2, 0.25) is 0 Å². The Labute approximate surface area is 118 Å². The van der Waals surface area contributed by atoms with E-state index in [0.29, 0.717) is 16.8 Å². The summed E-state index contributed by atoms with van der Waals surface area (Å²) in [6, 6.07) is 3.29. The SMILES string of the molecule is COC(=O)C[C@H](c1ccc(F)c(F)c1)c1c(C)[nH][nH]c1=O. The predicted molar refractivity (Wildman–Crippen MR) is 71.0 cm³/mol. The molecule has 0 fully saturated rings. The lowest BCUT2D eigenvalue weighted by Gasteiger charge is -2.15. The van der Waals surface area contributed by atoms with Crippen LogP contribution in [0.5, 0.6) is 0 Å². The van der Waals surface area contributed by atoms with Crippen molar-refractivity contribution in [2.75, 3.05) is 7.11 Å². The van der Waals surface area contributed by atoms with Gasteiger partial charge in [-0.1, -0.05) is 6.07 Å². The maximum Gasteiger partial charge on any atom is 0.306 e. The average molecular weight is 296 g/mol. The summed E-state index contributed by atoms with van der Waals surface area (Å²) in [5.41, 5.74) is 0.740. The molecule has 21 heavy (non-hydrogen) atoms. The second-order valence-corrected chi connectivity index (χ2v) is 4.62. The molecule has 112 valence electrons. The first-order valence-electron chi connectivity index (χ1n) is 6.23. The number of halogens is 2. The summed E-state index contributed by atoms with van der Waals surface area (Å²) in [6.45, 7) is 1.65. The van der Waals surface area contributed by atoms with Gasteiger partial charge >= 0.3 is 5.97 Å². The Kier molecular flexibility index (Phi) is 4.21. The summed E-state index contributed by atoms with van der Waals surface area (Å²) in [5.74, 6) is -3.30. The molecule has 0 bridgehead atoms. The molecule has 0 aliphatic rings. The third kappa shape index (κ3) is 3.01. The van der Waals surface area contributed by atoms with E-state index in [4.69, 9.17) is 0 Å². The number of H-pyrrole nitrogens is 2. The highest BCUT2D eigenvalue weighted by Crippen LogP contribution is 2.28. The van der Waals surface area contributed by atoms with Gasteiger partial charge in [0.05, 0.1) is 13.5 Å². The topological polar surface area (TPSA) is 75.0 Å². The van der Waals surface area contributed by atoms with Gasteiger partial charge in [0.1, 0.15) is 0 Å². The maximum absolute atomic E-state index is 13.4. The van der Waals surface area contributed by atoms with Crippen LogP contribution in [0.4, 0.5) is 8.78 Å². The van der Waals surface area contributed by atoms with Crippen molar-refractivity contribution in [1.29, 1.82) is 0 Å². The standard InChI is InChI=1S/C14H14F2N2O3/c1-7-13(14(20)18-17-7)9(6-12(19)21-2)8-3-4-10(15)11(16)5-8/h3-5,9H,6H2,1-2H3,(H2,17,18,20)/t9-/m1/s1. The van der Waals surface area contributed by atoms with Gasteiger partial charge in [-0.25, -0.2) is 8.78 Å². The highest BCUT2D eigenvalue weighted by molar-refractivity contribution is 5.71. The summed E-state index contributed by atoms with van der Waals surface area (Å²) in [5, 5.41) is 5.05. The number of nitrogens with one attached hydrogen (secondary N) is 2. The van der Waals surface area contributed by atoms with E-state index < -0.39 is 29.1 Å². The molecule has 1 heterocycles. The zero-order valence-corrected chi connectivity index (χ0v) is 11.5. The van der Waals surface area contributed by atoms with E-state index in [1.165, 1.54) is 13.2 Å². The number of methoxy groups -OCH3 is 1. The minimum Gasteiger partial charge on any atom is -0.469 e. The molecule has 2 rings (SSSR count). The first-order valence-corrected chi connectivity index (χ1v) is 6.23. The van der Waals surface area contributed by atoms with Gasteiger partial charge in [-0.3, -0.25) is 14.7 Å². The van der Waals surface area contributed by atoms with Crippen molar-refractivity contribution < 1.29 is 18.3 Å². The van der Waals surface area contributed by atoms with E-state index in [9.17, 15) is 18.4 Å². The lowest BCUT2D eigenvalue weighted by atomic mass is 9.88. The molecule has 0 aliphatic carbocycles. The number of rotatable bonds is 4. The van der Waals surface area contributed by atoms with E-state index >= 15 is 0 Å². The highest BCUT2D eigenvalue weighted by Gasteiger charge is 2.25. The molecule has 0 saturated heterocycles. The van der Waals surface area contributed by atoms with Gasteiger partial charge in [-0.15, -0.1) is 0 Å². The quantitative estimate of drug-likeness (QED) is 0.847. The number of hydrogen-bond acceptors (Lipinski definition) is 3. The summed E-state index contributed by atoms with van der Waals surface area (Å²) in [4.78, 5) is 23.4. The first-order chi connectivity index (χ1) is 9.93. The average Bonchev–Trinajstić information content (AvgIpc) is 2.78. The molecule has 0 spiro atoms. The van der Waals surface area contributed by atoms with Crippen molar-refractivity contribution in [1.82, 2.24) is 10.2 Å². The van der Waals surface area contributed by atoms with Crippen LogP contribution < -0.4 is 5.56 Å². The number of benzene rings is 1. The second-order valence-electron chi connectivity index (χ2n) is 4.62. The molecule has 1 atom stereocenters. The van der Waals surface area contributed by atoms with Gasteiger partial charge in [0, 0.05) is 17.2 Å². The van der Waals surface area contributed by atoms with Crippen molar-refractivity contribution in [2.24, 2.45) is 0 Å². The van der Waals surface area contributed by atoms with Gasteiger partial charge in [-0.2, -0.15) is 0 Å². The smallest absolute Gasteiger partial charge is 0.306 e. The molecule has 0 radical (unpaired) electrons. The Hall–Kier alpha value is -2.44. The number of aryl methyl sites for hydroxylation is 1. The molecule has 0 unspecified atom stereocenters. The molecule has 2 aromatic rings. The minimum absolute atomic E-state index is 0.149. The summed E-state index contributed by atoms with van der Waals surface area (Å²) >= 11 is 0. The van der Waals surface area contributed by atoms with E-state index in [1.807, 2.05) is 0 Å². The van der Waals surface area contributed by atoms with Crippen molar-refractivity contribution in [3.05, 3.63) is 57.0 Å². The Morgan fingerprint density at radius 3 is 2.52 bits per heavy atom. The highest BCUT2D eigenvalue weighted by atomic mass is 19.2. The minimum atomic E-state index is -1.04. The zero-order chi connectivity index (χ0) is 15.6. The van der Waals surface area contributed by atoms with Gasteiger partial charge in [0.15, 0.2) is 11.6 Å². The first kappa shape index (κ1) is 15.0. The normalized spacial score (nSPS) is 12.2. The molecule has 1 aromatic carbocycles. The Morgan fingerprint density at radius 1 is 1.29 bits per heavy atom. The molecular weight excluding hydrogens is 282 g/mol. The molecule has 0 saturated carbocycles. The van der Waals surface area contributed by atoms with Crippen LogP contribution in [0, 0.1) is 18.6 Å². The van der Waals surface area contributed by atoms with Crippen LogP contribution >= 0.6 is 0 Å². The van der Waals surface area contributed by atoms with Gasteiger partial charge < -0.3 is 9.84 Å². The number of ether oxygens (including phenoxy) is 1. The summed E-state index contributed by atoms with van der Waals surface area (Å²) in [7, 11) is 1.22. The molecule has 1 aromatic heterocycles. The van der Waals surface area contributed by atoms with E-state index in [1.54, 1.807) is 6.92 Å². The fourth-order valence-corrected chi connectivity index (χ4v) is 2.24. The van der Waals surface area contributed by atoms with Gasteiger partial charge in [-0.05, 0) is 24.6 Å². The molecule has 7 heteroatoms. The van der Waals surface area contributed by atoms with Crippen molar-refractivity contribution in [3.8, 4) is 0 Å². The predicted octanol–water partition coefficient (Wildman–Crippen LogP) is 1.98. The van der Waals surface area contributed by atoms with Crippen LogP contribution in [0.2, 0.25) is 0 Å². The van der Waals surface area contributed by atoms with Crippen LogP contribution in [0.15, 0.2) is 23.0 Å². The van der Waals surface area contributed by atoms with E-state index in [-0.39, 0.29) is 6.42 Å².